The molecule has 3 heterocycles. The minimum Gasteiger partial charge on any atom is -0.332 e. The van der Waals surface area contributed by atoms with Crippen LogP contribution in [0.1, 0.15) is 25.1 Å². The number of rotatable bonds is 5. The summed E-state index contributed by atoms with van der Waals surface area (Å²) in [4.78, 5) is 8.48. The number of sulfonamides is 1. The van der Waals surface area contributed by atoms with Crippen LogP contribution in [-0.4, -0.2) is 46.7 Å². The lowest BCUT2D eigenvalue weighted by atomic mass is 10.1. The zero-order valence-corrected chi connectivity index (χ0v) is 13.2. The summed E-state index contributed by atoms with van der Waals surface area (Å²) in [5, 5.41) is 3.95. The fraction of sp³-hybridized carbons (Fsp3) is 0.500. The van der Waals surface area contributed by atoms with Gasteiger partial charge in [0.25, 0.3) is 5.89 Å². The van der Waals surface area contributed by atoms with Crippen molar-refractivity contribution >= 4 is 10.0 Å². The Hall–Kier alpha value is -1.80. The molecule has 1 aliphatic heterocycles. The fourth-order valence-corrected chi connectivity index (χ4v) is 3.99. The first-order chi connectivity index (χ1) is 10.5. The van der Waals surface area contributed by atoms with E-state index in [4.69, 9.17) is 4.52 Å². The van der Waals surface area contributed by atoms with Gasteiger partial charge >= 0.3 is 0 Å². The number of hydrogen-bond acceptors (Lipinski definition) is 6. The average Bonchev–Trinajstić information content (AvgIpc) is 3.15. The van der Waals surface area contributed by atoms with Gasteiger partial charge in [-0.25, -0.2) is 8.42 Å². The third kappa shape index (κ3) is 3.33. The van der Waals surface area contributed by atoms with E-state index in [2.05, 4.69) is 15.1 Å². The molecular formula is C14H18N4O3S. The summed E-state index contributed by atoms with van der Waals surface area (Å²) in [6, 6.07) is 5.52. The molecule has 0 aliphatic carbocycles. The maximum Gasteiger partial charge on any atom is 0.276 e. The third-order valence-corrected chi connectivity index (χ3v) is 5.14. The van der Waals surface area contributed by atoms with Gasteiger partial charge in [-0.2, -0.15) is 9.29 Å². The Morgan fingerprint density at radius 3 is 3.00 bits per heavy atom. The summed E-state index contributed by atoms with van der Waals surface area (Å²) in [6.07, 6.45) is 6.02. The zero-order chi connectivity index (χ0) is 15.6. The first-order valence-electron chi connectivity index (χ1n) is 7.25. The minimum absolute atomic E-state index is 0.0341. The van der Waals surface area contributed by atoms with Crippen LogP contribution in [0.25, 0.3) is 11.6 Å². The molecule has 118 valence electrons. The highest BCUT2D eigenvalue weighted by molar-refractivity contribution is 7.88. The molecule has 0 aromatic carbocycles. The Morgan fingerprint density at radius 1 is 1.41 bits per heavy atom. The van der Waals surface area contributed by atoms with Crippen LogP contribution < -0.4 is 0 Å². The Morgan fingerprint density at radius 2 is 2.27 bits per heavy atom. The van der Waals surface area contributed by atoms with E-state index in [1.807, 2.05) is 12.1 Å². The number of nitrogens with zero attached hydrogens (tertiary/aromatic N) is 4. The van der Waals surface area contributed by atoms with Crippen LogP contribution in [-0.2, 0) is 16.4 Å². The van der Waals surface area contributed by atoms with Crippen LogP contribution in [0, 0.1) is 0 Å². The average molecular weight is 322 g/mol. The standard InChI is InChI=1S/C14H18N4O3S/c1-22(19,20)18-10-4-5-11(18)7-8-13-16-14(21-17-13)12-6-2-3-9-15-12/h2-3,6,9,11H,4-5,7-8,10H2,1H3. The molecule has 3 rings (SSSR count). The fourth-order valence-electron chi connectivity index (χ4n) is 2.78. The van der Waals surface area contributed by atoms with Crippen LogP contribution in [0.15, 0.2) is 28.9 Å². The molecule has 1 saturated heterocycles. The molecule has 8 heteroatoms. The largest absolute Gasteiger partial charge is 0.332 e. The predicted molar refractivity (Wildman–Crippen MR) is 80.4 cm³/mol. The molecule has 2 aromatic heterocycles. The lowest BCUT2D eigenvalue weighted by Gasteiger charge is -2.21. The van der Waals surface area contributed by atoms with Crippen molar-refractivity contribution in [2.24, 2.45) is 0 Å². The Balaban J connectivity index is 1.64. The SMILES string of the molecule is CS(=O)(=O)N1CCCC1CCc1noc(-c2ccccn2)n1. The molecule has 7 nitrogen and oxygen atoms in total. The number of hydrogen-bond donors (Lipinski definition) is 0. The molecule has 1 aliphatic rings. The Kier molecular flexibility index (Phi) is 4.21. The van der Waals surface area contributed by atoms with Crippen LogP contribution >= 0.6 is 0 Å². The van der Waals surface area contributed by atoms with Crippen molar-refractivity contribution in [3.8, 4) is 11.6 Å². The second-order valence-corrected chi connectivity index (χ2v) is 7.37. The van der Waals surface area contributed by atoms with E-state index >= 15 is 0 Å². The van der Waals surface area contributed by atoms with Crippen molar-refractivity contribution in [1.82, 2.24) is 19.4 Å². The van der Waals surface area contributed by atoms with Crippen molar-refractivity contribution in [3.63, 3.8) is 0 Å². The summed E-state index contributed by atoms with van der Waals surface area (Å²) in [6.45, 7) is 0.606. The maximum atomic E-state index is 11.7. The first kappa shape index (κ1) is 15.1. The van der Waals surface area contributed by atoms with E-state index in [-0.39, 0.29) is 6.04 Å². The van der Waals surface area contributed by atoms with Crippen LogP contribution in [0.2, 0.25) is 0 Å². The van der Waals surface area contributed by atoms with Crippen molar-refractivity contribution < 1.29 is 12.9 Å². The van der Waals surface area contributed by atoms with Gasteiger partial charge in [-0.05, 0) is 31.4 Å². The van der Waals surface area contributed by atoms with Gasteiger partial charge in [-0.3, -0.25) is 4.98 Å². The van der Waals surface area contributed by atoms with E-state index < -0.39 is 10.0 Å². The van der Waals surface area contributed by atoms with Crippen LogP contribution in [0.3, 0.4) is 0 Å². The molecule has 0 radical (unpaired) electrons. The van der Waals surface area contributed by atoms with Gasteiger partial charge in [0.15, 0.2) is 5.82 Å². The van der Waals surface area contributed by atoms with Gasteiger partial charge in [-0.15, -0.1) is 0 Å². The molecule has 0 bridgehead atoms. The second-order valence-electron chi connectivity index (χ2n) is 5.44. The molecule has 0 amide bonds. The second kappa shape index (κ2) is 6.13. The van der Waals surface area contributed by atoms with Gasteiger partial charge in [0.05, 0.1) is 6.26 Å². The minimum atomic E-state index is -3.13. The summed E-state index contributed by atoms with van der Waals surface area (Å²) >= 11 is 0. The number of pyridine rings is 1. The summed E-state index contributed by atoms with van der Waals surface area (Å²) in [5.74, 6) is 0.975. The molecule has 0 spiro atoms. The molecule has 1 unspecified atom stereocenters. The molecule has 1 fully saturated rings. The predicted octanol–water partition coefficient (Wildman–Crippen LogP) is 1.49. The molecule has 1 atom stereocenters. The topological polar surface area (TPSA) is 89.2 Å². The highest BCUT2D eigenvalue weighted by Crippen LogP contribution is 2.24. The van der Waals surface area contributed by atoms with Gasteiger partial charge in [0.1, 0.15) is 5.69 Å². The van der Waals surface area contributed by atoms with Gasteiger partial charge in [0, 0.05) is 25.2 Å². The molecule has 22 heavy (non-hydrogen) atoms. The summed E-state index contributed by atoms with van der Waals surface area (Å²) in [7, 11) is -3.13. The van der Waals surface area contributed by atoms with Gasteiger partial charge < -0.3 is 4.52 Å². The van der Waals surface area contributed by atoms with E-state index in [0.29, 0.717) is 36.8 Å². The van der Waals surface area contributed by atoms with E-state index in [1.165, 1.54) is 6.26 Å². The Bertz CT molecular complexity index is 730. The molecule has 0 N–H and O–H groups in total. The Labute approximate surface area is 129 Å². The lowest BCUT2D eigenvalue weighted by molar-refractivity contribution is 0.367. The maximum absolute atomic E-state index is 11.7. The zero-order valence-electron chi connectivity index (χ0n) is 12.3. The van der Waals surface area contributed by atoms with Crippen LogP contribution in [0.4, 0.5) is 0 Å². The van der Waals surface area contributed by atoms with Crippen molar-refractivity contribution in [1.29, 1.82) is 0 Å². The van der Waals surface area contributed by atoms with E-state index in [9.17, 15) is 8.42 Å². The highest BCUT2D eigenvalue weighted by atomic mass is 32.2. The van der Waals surface area contributed by atoms with Crippen molar-refractivity contribution in [2.45, 2.75) is 31.7 Å². The summed E-state index contributed by atoms with van der Waals surface area (Å²) < 4.78 is 30.2. The number of aryl methyl sites for hydroxylation is 1. The highest BCUT2D eigenvalue weighted by Gasteiger charge is 2.31. The van der Waals surface area contributed by atoms with Crippen molar-refractivity contribution in [2.75, 3.05) is 12.8 Å². The molecular weight excluding hydrogens is 304 g/mol. The molecule has 0 saturated carbocycles. The molecule has 2 aromatic rings. The normalized spacial score (nSPS) is 19.6. The van der Waals surface area contributed by atoms with Crippen LogP contribution in [0.5, 0.6) is 0 Å². The summed E-state index contributed by atoms with van der Waals surface area (Å²) in [5.41, 5.74) is 0.639. The van der Waals surface area contributed by atoms with Gasteiger partial charge in [0.2, 0.25) is 10.0 Å². The van der Waals surface area contributed by atoms with Gasteiger partial charge in [-0.1, -0.05) is 11.2 Å². The smallest absolute Gasteiger partial charge is 0.276 e. The van der Waals surface area contributed by atoms with E-state index in [0.717, 1.165) is 12.8 Å². The quantitative estimate of drug-likeness (QED) is 0.828. The lowest BCUT2D eigenvalue weighted by Crippen LogP contribution is -2.34. The van der Waals surface area contributed by atoms with Crippen molar-refractivity contribution in [3.05, 3.63) is 30.2 Å². The van der Waals surface area contributed by atoms with E-state index in [1.54, 1.807) is 16.6 Å². The number of aromatic nitrogens is 3. The monoisotopic (exact) mass is 322 g/mol. The first-order valence-corrected chi connectivity index (χ1v) is 9.09. The third-order valence-electron chi connectivity index (χ3n) is 3.80.